The molecule has 66 valence electrons. The molecule has 0 aromatic carbocycles. The molecule has 0 spiro atoms. The number of ketones is 1. The van der Waals surface area contributed by atoms with E-state index in [1.54, 1.807) is 12.4 Å². The minimum absolute atomic E-state index is 0.201. The normalized spacial score (nSPS) is 18.2. The number of nitrogens with zero attached hydrogens (tertiary/aromatic N) is 2. The van der Waals surface area contributed by atoms with E-state index in [4.69, 9.17) is 0 Å². The zero-order valence-corrected chi connectivity index (χ0v) is 7.58. The Balaban J connectivity index is 2.57. The quantitative estimate of drug-likeness (QED) is 0.456. The molecule has 1 rings (SSSR count). The molecule has 0 aliphatic heterocycles. The van der Waals surface area contributed by atoms with E-state index in [2.05, 4.69) is 4.99 Å². The van der Waals surface area contributed by atoms with Gasteiger partial charge in [-0.2, -0.15) is 0 Å². The van der Waals surface area contributed by atoms with Gasteiger partial charge in [0.2, 0.25) is 0 Å². The van der Waals surface area contributed by atoms with Crippen molar-refractivity contribution < 1.29 is 4.79 Å². The van der Waals surface area contributed by atoms with Crippen molar-refractivity contribution >= 4 is 12.1 Å². The molecule has 0 unspecified atom stereocenters. The van der Waals surface area contributed by atoms with Gasteiger partial charge in [0.05, 0.1) is 6.34 Å². The highest BCUT2D eigenvalue weighted by Crippen LogP contribution is 2.15. The third-order valence-corrected chi connectivity index (χ3v) is 1.64. The number of aliphatic imine (C=N–C) groups is 1. The molecule has 0 saturated heterocycles. The summed E-state index contributed by atoms with van der Waals surface area (Å²) in [5, 5.41) is 0. The zero-order chi connectivity index (χ0) is 8.97. The Kier molecular flexibility index (Phi) is 3.02. The number of carbonyl (C=O) groups excluding carboxylic acids is 1. The van der Waals surface area contributed by atoms with Crippen LogP contribution in [0.5, 0.6) is 0 Å². The first-order chi connectivity index (χ1) is 5.68. The Morgan fingerprint density at radius 3 is 2.83 bits per heavy atom. The summed E-state index contributed by atoms with van der Waals surface area (Å²) < 4.78 is 0. The summed E-state index contributed by atoms with van der Waals surface area (Å²) in [5.74, 6) is 0.201. The van der Waals surface area contributed by atoms with Crippen LogP contribution in [0.15, 0.2) is 16.8 Å². The molecule has 3 heteroatoms. The number of hydrogen-bond donors (Lipinski definition) is 0. The molecule has 0 atom stereocenters. The molecule has 0 aromatic heterocycles. The number of hydrogen-bond acceptors (Lipinski definition) is 2. The molecule has 3 nitrogen and oxygen atoms in total. The van der Waals surface area contributed by atoms with Crippen LogP contribution >= 0.6 is 0 Å². The second-order valence-corrected chi connectivity index (χ2v) is 3.16. The van der Waals surface area contributed by atoms with Crippen LogP contribution in [-0.4, -0.2) is 31.1 Å². The van der Waals surface area contributed by atoms with E-state index in [0.717, 1.165) is 18.5 Å². The van der Waals surface area contributed by atoms with Gasteiger partial charge in [-0.15, -0.1) is 0 Å². The first-order valence-electron chi connectivity index (χ1n) is 4.12. The van der Waals surface area contributed by atoms with E-state index in [-0.39, 0.29) is 5.78 Å². The second-order valence-electron chi connectivity index (χ2n) is 3.16. The lowest BCUT2D eigenvalue weighted by Gasteiger charge is -2.08. The van der Waals surface area contributed by atoms with Crippen molar-refractivity contribution in [3.05, 3.63) is 11.8 Å². The minimum Gasteiger partial charge on any atom is -0.369 e. The monoisotopic (exact) mass is 166 g/mol. The van der Waals surface area contributed by atoms with Gasteiger partial charge in [0.15, 0.2) is 5.78 Å². The highest BCUT2D eigenvalue weighted by Gasteiger charge is 2.07. The van der Waals surface area contributed by atoms with Crippen molar-refractivity contribution in [3.8, 4) is 0 Å². The summed E-state index contributed by atoms with van der Waals surface area (Å²) in [6.45, 7) is 0. The van der Waals surface area contributed by atoms with Crippen molar-refractivity contribution in [1.82, 2.24) is 4.90 Å². The largest absolute Gasteiger partial charge is 0.369 e. The first kappa shape index (κ1) is 8.97. The van der Waals surface area contributed by atoms with Gasteiger partial charge in [0.1, 0.15) is 0 Å². The van der Waals surface area contributed by atoms with Gasteiger partial charge < -0.3 is 4.90 Å². The molecule has 0 aromatic rings. The number of rotatable bonds is 2. The van der Waals surface area contributed by atoms with Gasteiger partial charge >= 0.3 is 0 Å². The van der Waals surface area contributed by atoms with Crippen LogP contribution in [0.3, 0.4) is 0 Å². The molecular weight excluding hydrogens is 152 g/mol. The highest BCUT2D eigenvalue weighted by atomic mass is 16.1. The van der Waals surface area contributed by atoms with Crippen LogP contribution in [0, 0.1) is 0 Å². The van der Waals surface area contributed by atoms with Crippen molar-refractivity contribution in [2.45, 2.75) is 19.3 Å². The van der Waals surface area contributed by atoms with Crippen molar-refractivity contribution in [1.29, 1.82) is 0 Å². The molecule has 0 N–H and O–H groups in total. The Labute approximate surface area is 72.8 Å². The van der Waals surface area contributed by atoms with Gasteiger partial charge in [-0.3, -0.25) is 4.79 Å². The molecule has 0 saturated carbocycles. The summed E-state index contributed by atoms with van der Waals surface area (Å²) in [5.41, 5.74) is 0.903. The van der Waals surface area contributed by atoms with Crippen LogP contribution in [0.4, 0.5) is 0 Å². The molecular formula is C9H14N2O. The van der Waals surface area contributed by atoms with E-state index >= 15 is 0 Å². The van der Waals surface area contributed by atoms with Crippen molar-refractivity contribution in [2.75, 3.05) is 14.1 Å². The maximum atomic E-state index is 11.0. The average molecular weight is 166 g/mol. The van der Waals surface area contributed by atoms with E-state index in [1.807, 2.05) is 19.0 Å². The zero-order valence-electron chi connectivity index (χ0n) is 7.58. The van der Waals surface area contributed by atoms with E-state index in [0.29, 0.717) is 6.42 Å². The van der Waals surface area contributed by atoms with Gasteiger partial charge in [0.25, 0.3) is 0 Å². The predicted octanol–water partition coefficient (Wildman–Crippen LogP) is 1.21. The third-order valence-electron chi connectivity index (χ3n) is 1.64. The van der Waals surface area contributed by atoms with E-state index in [9.17, 15) is 4.79 Å². The van der Waals surface area contributed by atoms with Crippen LogP contribution < -0.4 is 0 Å². The smallest absolute Gasteiger partial charge is 0.157 e. The predicted molar refractivity (Wildman–Crippen MR) is 49.1 cm³/mol. The van der Waals surface area contributed by atoms with Crippen LogP contribution in [0.2, 0.25) is 0 Å². The third kappa shape index (κ3) is 2.86. The SMILES string of the molecule is CN(C)C=NC1=CC(=O)CCC1. The molecule has 1 aliphatic carbocycles. The number of allylic oxidation sites excluding steroid dienone is 2. The van der Waals surface area contributed by atoms with Gasteiger partial charge in [0, 0.05) is 32.3 Å². The van der Waals surface area contributed by atoms with Gasteiger partial charge in [-0.1, -0.05) is 0 Å². The maximum absolute atomic E-state index is 11.0. The van der Waals surface area contributed by atoms with E-state index < -0.39 is 0 Å². The summed E-state index contributed by atoms with van der Waals surface area (Å²) in [6.07, 6.45) is 5.92. The molecule has 12 heavy (non-hydrogen) atoms. The molecule has 0 heterocycles. The van der Waals surface area contributed by atoms with Crippen molar-refractivity contribution in [2.24, 2.45) is 4.99 Å². The molecule has 0 amide bonds. The Bertz CT molecular complexity index is 229. The Hall–Kier alpha value is -1.12. The van der Waals surface area contributed by atoms with Crippen LogP contribution in [-0.2, 0) is 4.79 Å². The van der Waals surface area contributed by atoms with E-state index in [1.165, 1.54) is 0 Å². The number of carbonyl (C=O) groups is 1. The van der Waals surface area contributed by atoms with Crippen LogP contribution in [0.1, 0.15) is 19.3 Å². The van der Waals surface area contributed by atoms with Crippen molar-refractivity contribution in [3.63, 3.8) is 0 Å². The maximum Gasteiger partial charge on any atom is 0.157 e. The Morgan fingerprint density at radius 1 is 1.50 bits per heavy atom. The fourth-order valence-electron chi connectivity index (χ4n) is 1.07. The lowest BCUT2D eigenvalue weighted by molar-refractivity contribution is -0.115. The summed E-state index contributed by atoms with van der Waals surface area (Å²) in [7, 11) is 3.82. The highest BCUT2D eigenvalue weighted by molar-refractivity contribution is 5.91. The topological polar surface area (TPSA) is 32.7 Å². The molecule has 0 radical (unpaired) electrons. The standard InChI is InChI=1S/C9H14N2O/c1-11(2)7-10-8-4-3-5-9(12)6-8/h6-7H,3-5H2,1-2H3. The van der Waals surface area contributed by atoms with Crippen LogP contribution in [0.25, 0.3) is 0 Å². The average Bonchev–Trinajstić information content (AvgIpc) is 2.01. The van der Waals surface area contributed by atoms with Gasteiger partial charge in [-0.25, -0.2) is 4.99 Å². The summed E-state index contributed by atoms with van der Waals surface area (Å²) in [4.78, 5) is 17.0. The molecule has 1 aliphatic rings. The summed E-state index contributed by atoms with van der Waals surface area (Å²) in [6, 6.07) is 0. The fourth-order valence-corrected chi connectivity index (χ4v) is 1.07. The first-order valence-corrected chi connectivity index (χ1v) is 4.12. The minimum atomic E-state index is 0.201. The summed E-state index contributed by atoms with van der Waals surface area (Å²) >= 11 is 0. The lowest BCUT2D eigenvalue weighted by Crippen LogP contribution is -2.09. The van der Waals surface area contributed by atoms with Gasteiger partial charge in [-0.05, 0) is 12.8 Å². The molecule has 0 bridgehead atoms. The second kappa shape index (κ2) is 4.04. The molecule has 0 fully saturated rings. The Morgan fingerprint density at radius 2 is 2.25 bits per heavy atom. The fraction of sp³-hybridized carbons (Fsp3) is 0.556. The lowest BCUT2D eigenvalue weighted by atomic mass is 10.0.